The molecule has 0 saturated carbocycles. The van der Waals surface area contributed by atoms with Crippen LogP contribution in [0.3, 0.4) is 0 Å². The van der Waals surface area contributed by atoms with E-state index in [1.807, 2.05) is 19.0 Å². The van der Waals surface area contributed by atoms with Crippen molar-refractivity contribution in [3.8, 4) is 0 Å². The Morgan fingerprint density at radius 3 is 2.25 bits per heavy atom. The molecule has 1 atom stereocenters. The second kappa shape index (κ2) is 6.88. The Morgan fingerprint density at radius 2 is 1.85 bits per heavy atom. The second-order valence-electron chi connectivity index (χ2n) is 5.53. The van der Waals surface area contributed by atoms with E-state index in [-0.39, 0.29) is 6.04 Å². The molecule has 4 nitrogen and oxygen atoms in total. The number of halogens is 3. The predicted octanol–water partition coefficient (Wildman–Crippen LogP) is 2.88. The van der Waals surface area contributed by atoms with E-state index in [1.165, 1.54) is 6.07 Å². The van der Waals surface area contributed by atoms with Gasteiger partial charge in [-0.3, -0.25) is 0 Å². The van der Waals surface area contributed by atoms with Crippen LogP contribution in [0.2, 0.25) is 0 Å². The first-order chi connectivity index (χ1) is 9.18. The van der Waals surface area contributed by atoms with E-state index in [2.05, 4.69) is 29.4 Å². The molecule has 1 aromatic heterocycles. The number of rotatable bonds is 6. The van der Waals surface area contributed by atoms with Gasteiger partial charge in [0, 0.05) is 12.6 Å². The third kappa shape index (κ3) is 5.73. The van der Waals surface area contributed by atoms with Gasteiger partial charge in [0.25, 0.3) is 0 Å². The van der Waals surface area contributed by atoms with Gasteiger partial charge in [-0.25, -0.2) is 0 Å². The van der Waals surface area contributed by atoms with Crippen molar-refractivity contribution < 1.29 is 13.2 Å². The number of anilines is 1. The van der Waals surface area contributed by atoms with Gasteiger partial charge < -0.3 is 10.2 Å². The summed E-state index contributed by atoms with van der Waals surface area (Å²) in [5.74, 6) is 0.848. The SMILES string of the molecule is CC(C)CC(CN(C)C)Nc1ccc(C(F)(F)F)nn1. The average Bonchev–Trinajstić information content (AvgIpc) is 2.26. The first kappa shape index (κ1) is 16.7. The molecule has 0 spiro atoms. The first-order valence-electron chi connectivity index (χ1n) is 6.50. The fourth-order valence-corrected chi connectivity index (χ4v) is 1.96. The van der Waals surface area contributed by atoms with Crippen LogP contribution in [0.5, 0.6) is 0 Å². The molecule has 0 aliphatic carbocycles. The maximum atomic E-state index is 12.4. The molecule has 114 valence electrons. The second-order valence-corrected chi connectivity index (χ2v) is 5.53. The van der Waals surface area contributed by atoms with Gasteiger partial charge in [0.2, 0.25) is 0 Å². The molecule has 0 saturated heterocycles. The smallest absolute Gasteiger partial charge is 0.365 e. The lowest BCUT2D eigenvalue weighted by Gasteiger charge is -2.24. The normalized spacial score (nSPS) is 13.8. The minimum atomic E-state index is -4.45. The first-order valence-corrected chi connectivity index (χ1v) is 6.50. The van der Waals surface area contributed by atoms with Crippen molar-refractivity contribution >= 4 is 5.82 Å². The molecule has 1 rings (SSSR count). The fourth-order valence-electron chi connectivity index (χ4n) is 1.96. The van der Waals surface area contributed by atoms with Gasteiger partial charge in [0.1, 0.15) is 5.82 Å². The van der Waals surface area contributed by atoms with E-state index >= 15 is 0 Å². The molecule has 0 amide bonds. The summed E-state index contributed by atoms with van der Waals surface area (Å²) < 4.78 is 37.2. The molecule has 0 aliphatic rings. The van der Waals surface area contributed by atoms with E-state index in [9.17, 15) is 13.2 Å². The summed E-state index contributed by atoms with van der Waals surface area (Å²) >= 11 is 0. The molecule has 20 heavy (non-hydrogen) atoms. The van der Waals surface area contributed by atoms with Crippen LogP contribution in [0.1, 0.15) is 26.0 Å². The Morgan fingerprint density at radius 1 is 1.20 bits per heavy atom. The average molecular weight is 290 g/mol. The van der Waals surface area contributed by atoms with Crippen molar-refractivity contribution in [3.63, 3.8) is 0 Å². The molecule has 1 aromatic rings. The van der Waals surface area contributed by atoms with Gasteiger partial charge >= 0.3 is 6.18 Å². The Labute approximate surface area is 117 Å². The van der Waals surface area contributed by atoms with Gasteiger partial charge in [-0.1, -0.05) is 13.8 Å². The number of aromatic nitrogens is 2. The zero-order valence-corrected chi connectivity index (χ0v) is 12.2. The third-order valence-electron chi connectivity index (χ3n) is 2.65. The quantitative estimate of drug-likeness (QED) is 0.874. The highest BCUT2D eigenvalue weighted by molar-refractivity contribution is 5.34. The van der Waals surface area contributed by atoms with E-state index in [4.69, 9.17) is 0 Å². The van der Waals surface area contributed by atoms with Crippen molar-refractivity contribution in [2.75, 3.05) is 26.0 Å². The van der Waals surface area contributed by atoms with Crippen LogP contribution in [0.15, 0.2) is 12.1 Å². The van der Waals surface area contributed by atoms with Gasteiger partial charge in [0.15, 0.2) is 5.69 Å². The largest absolute Gasteiger partial charge is 0.435 e. The molecular weight excluding hydrogens is 269 g/mol. The minimum absolute atomic E-state index is 0.121. The van der Waals surface area contributed by atoms with Gasteiger partial charge in [0.05, 0.1) is 0 Å². The van der Waals surface area contributed by atoms with Crippen LogP contribution in [0, 0.1) is 5.92 Å². The maximum Gasteiger partial charge on any atom is 0.435 e. The number of nitrogens with zero attached hydrogens (tertiary/aromatic N) is 3. The topological polar surface area (TPSA) is 41.0 Å². The van der Waals surface area contributed by atoms with Gasteiger partial charge in [-0.15, -0.1) is 10.2 Å². The van der Waals surface area contributed by atoms with Crippen LogP contribution in [0.25, 0.3) is 0 Å². The molecule has 7 heteroatoms. The van der Waals surface area contributed by atoms with E-state index in [0.29, 0.717) is 11.7 Å². The number of hydrogen-bond donors (Lipinski definition) is 1. The molecule has 0 aromatic carbocycles. The van der Waals surface area contributed by atoms with Crippen molar-refractivity contribution in [1.82, 2.24) is 15.1 Å². The standard InChI is InChI=1S/C13H21F3N4/c1-9(2)7-10(8-20(3)4)17-12-6-5-11(18-19-12)13(14,15)16/h5-6,9-10H,7-8H2,1-4H3,(H,17,19). The lowest BCUT2D eigenvalue weighted by molar-refractivity contribution is -0.141. The van der Waals surface area contributed by atoms with Crippen molar-refractivity contribution in [2.45, 2.75) is 32.5 Å². The summed E-state index contributed by atoms with van der Waals surface area (Å²) in [7, 11) is 3.90. The molecule has 0 bridgehead atoms. The highest BCUT2D eigenvalue weighted by atomic mass is 19.4. The summed E-state index contributed by atoms with van der Waals surface area (Å²) in [5, 5.41) is 9.95. The highest BCUT2D eigenvalue weighted by Gasteiger charge is 2.32. The van der Waals surface area contributed by atoms with Gasteiger partial charge in [-0.2, -0.15) is 13.2 Å². The molecule has 0 fully saturated rings. The molecular formula is C13H21F3N4. The number of alkyl halides is 3. The highest BCUT2D eigenvalue weighted by Crippen LogP contribution is 2.27. The Balaban J connectivity index is 2.73. The lowest BCUT2D eigenvalue weighted by atomic mass is 10.0. The monoisotopic (exact) mass is 290 g/mol. The van der Waals surface area contributed by atoms with Crippen LogP contribution in [-0.4, -0.2) is 41.8 Å². The lowest BCUT2D eigenvalue weighted by Crippen LogP contribution is -2.33. The molecule has 1 heterocycles. The van der Waals surface area contributed by atoms with Gasteiger partial charge in [-0.05, 0) is 38.6 Å². The van der Waals surface area contributed by atoms with E-state index in [0.717, 1.165) is 19.0 Å². The Hall–Kier alpha value is -1.37. The molecule has 0 aliphatic heterocycles. The van der Waals surface area contributed by atoms with Crippen molar-refractivity contribution in [3.05, 3.63) is 17.8 Å². The number of likely N-dealkylation sites (N-methyl/N-ethyl adjacent to an activating group) is 1. The van der Waals surface area contributed by atoms with Crippen molar-refractivity contribution in [1.29, 1.82) is 0 Å². The predicted molar refractivity (Wildman–Crippen MR) is 72.5 cm³/mol. The van der Waals surface area contributed by atoms with Crippen LogP contribution >= 0.6 is 0 Å². The molecule has 0 radical (unpaired) electrons. The number of hydrogen-bond acceptors (Lipinski definition) is 4. The minimum Gasteiger partial charge on any atom is -0.365 e. The summed E-state index contributed by atoms with van der Waals surface area (Å²) in [6.45, 7) is 4.98. The zero-order chi connectivity index (χ0) is 15.3. The maximum absolute atomic E-state index is 12.4. The zero-order valence-electron chi connectivity index (χ0n) is 12.2. The summed E-state index contributed by atoms with van der Waals surface area (Å²) in [5.41, 5.74) is -0.976. The van der Waals surface area contributed by atoms with Crippen LogP contribution in [0.4, 0.5) is 19.0 Å². The third-order valence-corrected chi connectivity index (χ3v) is 2.65. The van der Waals surface area contributed by atoms with Crippen molar-refractivity contribution in [2.24, 2.45) is 5.92 Å². The summed E-state index contributed by atoms with van der Waals surface area (Å²) in [6, 6.07) is 2.38. The number of nitrogens with one attached hydrogen (secondary N) is 1. The Bertz CT molecular complexity index is 391. The van der Waals surface area contributed by atoms with E-state index < -0.39 is 11.9 Å². The molecule has 1 unspecified atom stereocenters. The summed E-state index contributed by atoms with van der Waals surface area (Å²) in [6.07, 6.45) is -3.55. The Kier molecular flexibility index (Phi) is 5.74. The summed E-state index contributed by atoms with van der Waals surface area (Å²) in [4.78, 5) is 2.03. The fraction of sp³-hybridized carbons (Fsp3) is 0.692. The van der Waals surface area contributed by atoms with E-state index in [1.54, 1.807) is 0 Å². The van der Waals surface area contributed by atoms with Crippen LogP contribution < -0.4 is 5.32 Å². The molecule has 1 N–H and O–H groups in total. The van der Waals surface area contributed by atoms with Crippen LogP contribution in [-0.2, 0) is 6.18 Å².